The number of aliphatic hydroxyl groups is 1. The van der Waals surface area contributed by atoms with E-state index in [0.717, 1.165) is 11.4 Å². The van der Waals surface area contributed by atoms with E-state index in [-0.39, 0.29) is 12.2 Å². The summed E-state index contributed by atoms with van der Waals surface area (Å²) in [6.07, 6.45) is 0.479. The Balaban J connectivity index is 1.62. The Hall–Kier alpha value is -3.13. The fourth-order valence-electron chi connectivity index (χ4n) is 2.58. The van der Waals surface area contributed by atoms with E-state index in [1.54, 1.807) is 24.3 Å². The molecule has 2 aromatic heterocycles. The maximum atomic E-state index is 14.4. The van der Waals surface area contributed by atoms with Gasteiger partial charge in [0.05, 0.1) is 18.5 Å². The average Bonchev–Trinajstić information content (AvgIpc) is 3.23. The molecule has 1 unspecified atom stereocenters. The van der Waals surface area contributed by atoms with Crippen LogP contribution in [0.15, 0.2) is 47.1 Å². The van der Waals surface area contributed by atoms with Gasteiger partial charge in [0, 0.05) is 11.4 Å². The van der Waals surface area contributed by atoms with E-state index in [2.05, 4.69) is 15.7 Å². The van der Waals surface area contributed by atoms with Gasteiger partial charge >= 0.3 is 6.03 Å². The van der Waals surface area contributed by atoms with Crippen LogP contribution in [0.5, 0.6) is 0 Å². The molecule has 0 spiro atoms. The van der Waals surface area contributed by atoms with Gasteiger partial charge in [0.1, 0.15) is 17.6 Å². The van der Waals surface area contributed by atoms with Crippen LogP contribution in [0, 0.1) is 19.7 Å². The Morgan fingerprint density at radius 1 is 1.35 bits per heavy atom. The molecular formula is C18H19FN4O3. The molecule has 3 N–H and O–H groups in total. The van der Waals surface area contributed by atoms with Gasteiger partial charge in [-0.05, 0) is 50.2 Å². The van der Waals surface area contributed by atoms with Gasteiger partial charge in [-0.1, -0.05) is 0 Å². The van der Waals surface area contributed by atoms with E-state index < -0.39 is 18.0 Å². The second kappa shape index (κ2) is 7.40. The summed E-state index contributed by atoms with van der Waals surface area (Å²) in [7, 11) is 0. The minimum atomic E-state index is -0.958. The molecular weight excluding hydrogens is 339 g/mol. The number of benzene rings is 1. The van der Waals surface area contributed by atoms with Crippen molar-refractivity contribution in [2.24, 2.45) is 0 Å². The number of aryl methyl sites for hydroxylation is 2. The summed E-state index contributed by atoms with van der Waals surface area (Å²) in [5.74, 6) is -0.157. The van der Waals surface area contributed by atoms with E-state index in [9.17, 15) is 14.3 Å². The number of hydrogen-bond donors (Lipinski definition) is 3. The van der Waals surface area contributed by atoms with Gasteiger partial charge in [-0.3, -0.25) is 0 Å². The first-order valence-corrected chi connectivity index (χ1v) is 8.03. The second-order valence-electron chi connectivity index (χ2n) is 5.87. The van der Waals surface area contributed by atoms with Gasteiger partial charge in [0.15, 0.2) is 5.82 Å². The van der Waals surface area contributed by atoms with E-state index >= 15 is 0 Å². The molecule has 0 aliphatic rings. The molecule has 0 fully saturated rings. The molecule has 0 aliphatic heterocycles. The first-order valence-electron chi connectivity index (χ1n) is 8.03. The molecule has 2 heterocycles. The highest BCUT2D eigenvalue weighted by atomic mass is 19.1. The third kappa shape index (κ3) is 3.92. The predicted molar refractivity (Wildman–Crippen MR) is 93.7 cm³/mol. The van der Waals surface area contributed by atoms with E-state index in [1.807, 2.05) is 19.9 Å². The highest BCUT2D eigenvalue weighted by Gasteiger charge is 2.13. The number of furan rings is 1. The standard InChI is InChI=1S/C18H19FN4O3/c1-11-8-12(2)23(22-11)15-6-5-13(9-14(15)19)21-18(25)20-10-16(24)17-4-3-7-26-17/h3-9,16,24H,10H2,1-2H3,(H2,20,21,25). The van der Waals surface area contributed by atoms with Gasteiger partial charge in [-0.15, -0.1) is 0 Å². The maximum Gasteiger partial charge on any atom is 0.319 e. The van der Waals surface area contributed by atoms with Gasteiger partial charge < -0.3 is 20.2 Å². The van der Waals surface area contributed by atoms with Crippen molar-refractivity contribution in [1.29, 1.82) is 0 Å². The molecule has 0 bridgehead atoms. The maximum absolute atomic E-state index is 14.4. The number of carbonyl (C=O) groups is 1. The number of halogens is 1. The van der Waals surface area contributed by atoms with Crippen molar-refractivity contribution in [2.75, 3.05) is 11.9 Å². The van der Waals surface area contributed by atoms with Crippen LogP contribution in [0.3, 0.4) is 0 Å². The van der Waals surface area contributed by atoms with Gasteiger partial charge in [-0.2, -0.15) is 5.10 Å². The molecule has 0 radical (unpaired) electrons. The summed E-state index contributed by atoms with van der Waals surface area (Å²) < 4.78 is 20.9. The van der Waals surface area contributed by atoms with Crippen molar-refractivity contribution < 1.29 is 18.7 Å². The van der Waals surface area contributed by atoms with E-state index in [1.165, 1.54) is 17.0 Å². The number of nitrogens with zero attached hydrogens (tertiary/aromatic N) is 2. The Kier molecular flexibility index (Phi) is 5.04. The lowest BCUT2D eigenvalue weighted by Gasteiger charge is -2.12. The average molecular weight is 358 g/mol. The molecule has 136 valence electrons. The molecule has 2 amide bonds. The van der Waals surface area contributed by atoms with Crippen LogP contribution in [0.1, 0.15) is 23.3 Å². The first-order chi connectivity index (χ1) is 12.4. The lowest BCUT2D eigenvalue weighted by molar-refractivity contribution is 0.149. The van der Waals surface area contributed by atoms with Crippen LogP contribution in [-0.2, 0) is 0 Å². The van der Waals surface area contributed by atoms with Gasteiger partial charge in [0.25, 0.3) is 0 Å². The zero-order chi connectivity index (χ0) is 18.7. The molecule has 1 atom stereocenters. The number of aliphatic hydroxyl groups excluding tert-OH is 1. The minimum Gasteiger partial charge on any atom is -0.467 e. The molecule has 3 aromatic rings. The molecule has 8 heteroatoms. The van der Waals surface area contributed by atoms with Crippen LogP contribution in [0.25, 0.3) is 5.69 Å². The fourth-order valence-corrected chi connectivity index (χ4v) is 2.58. The third-order valence-electron chi connectivity index (χ3n) is 3.77. The Labute approximate surface area is 149 Å². The van der Waals surface area contributed by atoms with Gasteiger partial charge in [-0.25, -0.2) is 13.9 Å². The Bertz CT molecular complexity index is 905. The Morgan fingerprint density at radius 2 is 2.15 bits per heavy atom. The van der Waals surface area contributed by atoms with E-state index in [4.69, 9.17) is 4.42 Å². The molecule has 3 rings (SSSR count). The zero-order valence-corrected chi connectivity index (χ0v) is 14.4. The van der Waals surface area contributed by atoms with Crippen molar-refractivity contribution in [3.8, 4) is 5.69 Å². The highest BCUT2D eigenvalue weighted by molar-refractivity contribution is 5.89. The SMILES string of the molecule is Cc1cc(C)n(-c2ccc(NC(=O)NCC(O)c3ccco3)cc2F)n1. The minimum absolute atomic E-state index is 0.0360. The lowest BCUT2D eigenvalue weighted by Crippen LogP contribution is -2.32. The number of rotatable bonds is 5. The van der Waals surface area contributed by atoms with Crippen molar-refractivity contribution >= 4 is 11.7 Å². The summed E-state index contributed by atoms with van der Waals surface area (Å²) in [4.78, 5) is 11.9. The monoisotopic (exact) mass is 358 g/mol. The number of nitrogens with one attached hydrogen (secondary N) is 2. The topological polar surface area (TPSA) is 92.3 Å². The summed E-state index contributed by atoms with van der Waals surface area (Å²) in [6, 6.07) is 8.88. The van der Waals surface area contributed by atoms with Crippen LogP contribution >= 0.6 is 0 Å². The molecule has 26 heavy (non-hydrogen) atoms. The normalized spacial score (nSPS) is 12.0. The second-order valence-corrected chi connectivity index (χ2v) is 5.87. The summed E-state index contributed by atoms with van der Waals surface area (Å²) >= 11 is 0. The zero-order valence-electron chi connectivity index (χ0n) is 14.4. The first kappa shape index (κ1) is 17.7. The smallest absolute Gasteiger partial charge is 0.319 e. The van der Waals surface area contributed by atoms with Crippen LogP contribution in [-0.4, -0.2) is 27.5 Å². The van der Waals surface area contributed by atoms with Crippen LogP contribution < -0.4 is 10.6 Å². The molecule has 1 aromatic carbocycles. The molecule has 7 nitrogen and oxygen atoms in total. The number of amides is 2. The van der Waals surface area contributed by atoms with Crippen molar-refractivity contribution in [3.05, 3.63) is 65.6 Å². The molecule has 0 saturated heterocycles. The molecule has 0 saturated carbocycles. The summed E-state index contributed by atoms with van der Waals surface area (Å²) in [5, 5.41) is 19.1. The fraction of sp³-hybridized carbons (Fsp3) is 0.222. The predicted octanol–water partition coefficient (Wildman–Crippen LogP) is 3.08. The van der Waals surface area contributed by atoms with Crippen LogP contribution in [0.4, 0.5) is 14.9 Å². The largest absolute Gasteiger partial charge is 0.467 e. The number of carbonyl (C=O) groups excluding carboxylic acids is 1. The number of hydrogen-bond acceptors (Lipinski definition) is 4. The quantitative estimate of drug-likeness (QED) is 0.653. The number of anilines is 1. The van der Waals surface area contributed by atoms with Crippen LogP contribution in [0.2, 0.25) is 0 Å². The van der Waals surface area contributed by atoms with Crippen molar-refractivity contribution in [2.45, 2.75) is 20.0 Å². The lowest BCUT2D eigenvalue weighted by atomic mass is 10.2. The number of urea groups is 1. The highest BCUT2D eigenvalue weighted by Crippen LogP contribution is 2.20. The van der Waals surface area contributed by atoms with Crippen molar-refractivity contribution in [1.82, 2.24) is 15.1 Å². The van der Waals surface area contributed by atoms with Gasteiger partial charge in [0.2, 0.25) is 0 Å². The summed E-state index contributed by atoms with van der Waals surface area (Å²) in [5.41, 5.74) is 2.19. The third-order valence-corrected chi connectivity index (χ3v) is 3.77. The molecule has 0 aliphatic carbocycles. The van der Waals surface area contributed by atoms with E-state index in [0.29, 0.717) is 11.4 Å². The Morgan fingerprint density at radius 3 is 2.77 bits per heavy atom. The summed E-state index contributed by atoms with van der Waals surface area (Å²) in [6.45, 7) is 3.63. The van der Waals surface area contributed by atoms with Crippen molar-refractivity contribution in [3.63, 3.8) is 0 Å². The number of aromatic nitrogens is 2.